The van der Waals surface area contributed by atoms with Gasteiger partial charge in [-0.25, -0.2) is 4.39 Å². The van der Waals surface area contributed by atoms with Gasteiger partial charge < -0.3 is 0 Å². The van der Waals surface area contributed by atoms with Gasteiger partial charge in [0.1, 0.15) is 5.83 Å². The SMILES string of the molecule is CC1=CC=CCC=C1F.Cc1ccccc1. The van der Waals surface area contributed by atoms with Crippen molar-refractivity contribution in [3.8, 4) is 0 Å². The molecule has 0 amide bonds. The average Bonchev–Trinajstić information content (AvgIpc) is 2.47. The summed E-state index contributed by atoms with van der Waals surface area (Å²) in [4.78, 5) is 0. The zero-order valence-electron chi connectivity index (χ0n) is 9.78. The Kier molecular flexibility index (Phi) is 5.27. The lowest BCUT2D eigenvalue weighted by Crippen LogP contribution is -1.72. The van der Waals surface area contributed by atoms with Gasteiger partial charge in [-0.05, 0) is 31.9 Å². The van der Waals surface area contributed by atoms with E-state index >= 15 is 0 Å². The normalized spacial score (nSPS) is 14.2. The minimum absolute atomic E-state index is 0.0972. The molecule has 0 nitrogen and oxygen atoms in total. The van der Waals surface area contributed by atoms with Crippen molar-refractivity contribution in [2.45, 2.75) is 20.3 Å². The second-order valence-corrected chi connectivity index (χ2v) is 3.72. The standard InChI is InChI=1S/C8H9F.C7H8/c1-7-5-3-2-4-6-8(7)9;1-7-5-3-2-4-6-7/h2-3,5-6H,4H2,1H3;2-6H,1H3. The van der Waals surface area contributed by atoms with Gasteiger partial charge in [0.15, 0.2) is 0 Å². The predicted molar refractivity (Wildman–Crippen MR) is 67.9 cm³/mol. The van der Waals surface area contributed by atoms with E-state index in [2.05, 4.69) is 19.1 Å². The van der Waals surface area contributed by atoms with Crippen LogP contribution in [0.4, 0.5) is 4.39 Å². The molecule has 0 fully saturated rings. The van der Waals surface area contributed by atoms with Crippen LogP contribution in [0.5, 0.6) is 0 Å². The Morgan fingerprint density at radius 2 is 1.75 bits per heavy atom. The van der Waals surface area contributed by atoms with Crippen molar-refractivity contribution in [3.63, 3.8) is 0 Å². The summed E-state index contributed by atoms with van der Waals surface area (Å²) in [7, 11) is 0. The molecular formula is C15H17F. The smallest absolute Gasteiger partial charge is 0.122 e. The fourth-order valence-electron chi connectivity index (χ4n) is 1.24. The molecule has 16 heavy (non-hydrogen) atoms. The lowest BCUT2D eigenvalue weighted by Gasteiger charge is -1.90. The van der Waals surface area contributed by atoms with Crippen LogP contribution in [0.15, 0.2) is 66.0 Å². The summed E-state index contributed by atoms with van der Waals surface area (Å²) in [5.41, 5.74) is 2.03. The van der Waals surface area contributed by atoms with Crippen LogP contribution in [-0.4, -0.2) is 0 Å². The number of rotatable bonds is 0. The predicted octanol–water partition coefficient (Wildman–Crippen LogP) is 4.74. The summed E-state index contributed by atoms with van der Waals surface area (Å²) in [6.45, 7) is 3.85. The highest BCUT2D eigenvalue weighted by Gasteiger charge is 1.96. The maximum atomic E-state index is 12.6. The molecule has 1 aromatic rings. The maximum Gasteiger partial charge on any atom is 0.122 e. The first-order chi connectivity index (χ1) is 7.70. The first-order valence-electron chi connectivity index (χ1n) is 5.41. The summed E-state index contributed by atoms with van der Waals surface area (Å²) in [5, 5.41) is 0. The van der Waals surface area contributed by atoms with Crippen LogP contribution >= 0.6 is 0 Å². The molecule has 1 heteroatoms. The number of allylic oxidation sites excluding steroid dienone is 6. The molecule has 0 saturated heterocycles. The van der Waals surface area contributed by atoms with Gasteiger partial charge in [-0.1, -0.05) is 54.1 Å². The molecule has 2 rings (SSSR count). The van der Waals surface area contributed by atoms with Crippen molar-refractivity contribution in [2.24, 2.45) is 0 Å². The second-order valence-electron chi connectivity index (χ2n) is 3.72. The average molecular weight is 216 g/mol. The topological polar surface area (TPSA) is 0 Å². The van der Waals surface area contributed by atoms with Gasteiger partial charge in [0.2, 0.25) is 0 Å². The van der Waals surface area contributed by atoms with Gasteiger partial charge in [-0.3, -0.25) is 0 Å². The fraction of sp³-hybridized carbons (Fsp3) is 0.200. The number of halogens is 1. The molecule has 0 aromatic heterocycles. The monoisotopic (exact) mass is 216 g/mol. The van der Waals surface area contributed by atoms with Crippen LogP contribution in [0.1, 0.15) is 18.9 Å². The highest BCUT2D eigenvalue weighted by atomic mass is 19.1. The van der Waals surface area contributed by atoms with Crippen LogP contribution in [-0.2, 0) is 0 Å². The Hall–Kier alpha value is -1.63. The Balaban J connectivity index is 0.000000165. The van der Waals surface area contributed by atoms with Crippen LogP contribution < -0.4 is 0 Å². The molecule has 1 aromatic carbocycles. The zero-order valence-corrected chi connectivity index (χ0v) is 9.78. The summed E-state index contributed by atoms with van der Waals surface area (Å²) in [6, 6.07) is 10.3. The van der Waals surface area contributed by atoms with E-state index in [4.69, 9.17) is 0 Å². The first-order valence-corrected chi connectivity index (χ1v) is 5.41. The second kappa shape index (κ2) is 6.78. The highest BCUT2D eigenvalue weighted by molar-refractivity contribution is 5.30. The Morgan fingerprint density at radius 3 is 2.31 bits per heavy atom. The molecule has 0 aliphatic heterocycles. The van der Waals surface area contributed by atoms with E-state index in [1.54, 1.807) is 19.1 Å². The molecule has 0 radical (unpaired) electrons. The highest BCUT2D eigenvalue weighted by Crippen LogP contribution is 2.14. The van der Waals surface area contributed by atoms with Crippen LogP contribution in [0.2, 0.25) is 0 Å². The number of hydrogen-bond donors (Lipinski definition) is 0. The van der Waals surface area contributed by atoms with E-state index in [1.807, 2.05) is 30.4 Å². The van der Waals surface area contributed by atoms with Crippen LogP contribution in [0.25, 0.3) is 0 Å². The summed E-state index contributed by atoms with van der Waals surface area (Å²) in [6.07, 6.45) is 7.86. The maximum absolute atomic E-state index is 12.6. The zero-order chi connectivity index (χ0) is 11.8. The van der Waals surface area contributed by atoms with Crippen molar-refractivity contribution < 1.29 is 4.39 Å². The van der Waals surface area contributed by atoms with E-state index in [9.17, 15) is 4.39 Å². The van der Waals surface area contributed by atoms with E-state index in [1.165, 1.54) is 5.56 Å². The molecule has 0 bridgehead atoms. The van der Waals surface area contributed by atoms with Gasteiger partial charge in [-0.15, -0.1) is 0 Å². The minimum atomic E-state index is -0.0972. The van der Waals surface area contributed by atoms with Crippen LogP contribution in [0.3, 0.4) is 0 Å². The summed E-state index contributed by atoms with van der Waals surface area (Å²) in [5.74, 6) is -0.0972. The lowest BCUT2D eigenvalue weighted by atomic mass is 10.2. The molecule has 0 N–H and O–H groups in total. The fourth-order valence-corrected chi connectivity index (χ4v) is 1.24. The van der Waals surface area contributed by atoms with Crippen molar-refractivity contribution >= 4 is 0 Å². The van der Waals surface area contributed by atoms with Crippen molar-refractivity contribution in [1.29, 1.82) is 0 Å². The van der Waals surface area contributed by atoms with Gasteiger partial charge >= 0.3 is 0 Å². The van der Waals surface area contributed by atoms with Gasteiger partial charge in [0.05, 0.1) is 0 Å². The molecule has 0 atom stereocenters. The third-order valence-electron chi connectivity index (χ3n) is 2.23. The van der Waals surface area contributed by atoms with E-state index < -0.39 is 0 Å². The van der Waals surface area contributed by atoms with E-state index in [0.717, 1.165) is 0 Å². The summed E-state index contributed by atoms with van der Waals surface area (Å²) < 4.78 is 12.6. The molecule has 0 heterocycles. The Bertz CT molecular complexity index is 397. The van der Waals surface area contributed by atoms with Gasteiger partial charge in [0, 0.05) is 0 Å². The van der Waals surface area contributed by atoms with Crippen molar-refractivity contribution in [3.05, 3.63) is 71.6 Å². The molecule has 1 aliphatic carbocycles. The van der Waals surface area contributed by atoms with Gasteiger partial charge in [0.25, 0.3) is 0 Å². The molecule has 0 saturated carbocycles. The molecule has 0 unspecified atom stereocenters. The first kappa shape index (κ1) is 12.4. The minimum Gasteiger partial charge on any atom is -0.207 e. The third-order valence-corrected chi connectivity index (χ3v) is 2.23. The molecule has 0 spiro atoms. The largest absolute Gasteiger partial charge is 0.207 e. The number of hydrogen-bond acceptors (Lipinski definition) is 0. The van der Waals surface area contributed by atoms with Crippen LogP contribution in [0, 0.1) is 6.92 Å². The summed E-state index contributed by atoms with van der Waals surface area (Å²) >= 11 is 0. The molecule has 84 valence electrons. The quantitative estimate of drug-likeness (QED) is 0.587. The molecule has 1 aliphatic rings. The van der Waals surface area contributed by atoms with Gasteiger partial charge in [-0.2, -0.15) is 0 Å². The van der Waals surface area contributed by atoms with Crippen molar-refractivity contribution in [1.82, 2.24) is 0 Å². The Labute approximate surface area is 96.8 Å². The van der Waals surface area contributed by atoms with E-state index in [0.29, 0.717) is 12.0 Å². The Morgan fingerprint density at radius 1 is 1.06 bits per heavy atom. The molecular weight excluding hydrogens is 199 g/mol. The van der Waals surface area contributed by atoms with Crippen molar-refractivity contribution in [2.75, 3.05) is 0 Å². The third kappa shape index (κ3) is 4.74. The number of benzene rings is 1. The number of aryl methyl sites for hydroxylation is 1. The lowest BCUT2D eigenvalue weighted by molar-refractivity contribution is 0.648. The van der Waals surface area contributed by atoms with E-state index in [-0.39, 0.29) is 5.83 Å².